The Kier molecular flexibility index (Phi) is 4.27. The van der Waals surface area contributed by atoms with Gasteiger partial charge in [0.1, 0.15) is 30.0 Å². The summed E-state index contributed by atoms with van der Waals surface area (Å²) >= 11 is 0. The molecule has 5 heteroatoms. The summed E-state index contributed by atoms with van der Waals surface area (Å²) in [6.07, 6.45) is 1.73. The summed E-state index contributed by atoms with van der Waals surface area (Å²) in [5.74, 6) is 0.628. The third-order valence-corrected chi connectivity index (χ3v) is 3.36. The number of methoxy groups -OCH3 is 1. The van der Waals surface area contributed by atoms with Crippen LogP contribution in [0.1, 0.15) is 40.4 Å². The number of cyclic esters (lactones) is 1. The largest absolute Gasteiger partial charge is 0.496 e. The molecule has 0 saturated carbocycles. The molecular weight excluding hydrogens is 260 g/mol. The van der Waals surface area contributed by atoms with Gasteiger partial charge in [-0.15, -0.1) is 0 Å². The molecule has 0 amide bonds. The van der Waals surface area contributed by atoms with Gasteiger partial charge in [-0.1, -0.05) is 6.92 Å². The van der Waals surface area contributed by atoms with Crippen molar-refractivity contribution in [3.05, 3.63) is 22.3 Å². The number of carbonyl (C=O) groups is 2. The van der Waals surface area contributed by atoms with Crippen molar-refractivity contribution in [1.82, 2.24) is 0 Å². The van der Waals surface area contributed by atoms with Gasteiger partial charge in [0.15, 0.2) is 0 Å². The summed E-state index contributed by atoms with van der Waals surface area (Å²) in [4.78, 5) is 22.9. The van der Waals surface area contributed by atoms with Crippen LogP contribution in [0.5, 0.6) is 11.5 Å². The molecule has 1 aromatic carbocycles. The average Bonchev–Trinajstić information content (AvgIpc) is 2.82. The molecule has 0 atom stereocenters. The Bertz CT molecular complexity index is 548. The smallest absolute Gasteiger partial charge is 0.342 e. The second kappa shape index (κ2) is 5.94. The van der Waals surface area contributed by atoms with E-state index in [1.54, 1.807) is 7.11 Å². The lowest BCUT2D eigenvalue weighted by molar-refractivity contribution is -0.107. The van der Waals surface area contributed by atoms with Crippen molar-refractivity contribution < 1.29 is 23.8 Å². The predicted octanol–water partition coefficient (Wildman–Crippen LogP) is 2.20. The van der Waals surface area contributed by atoms with E-state index in [9.17, 15) is 9.59 Å². The number of fused-ring (bicyclic) bond motifs is 1. The topological polar surface area (TPSA) is 61.8 Å². The molecule has 0 aliphatic carbocycles. The quantitative estimate of drug-likeness (QED) is 0.589. The number of benzene rings is 1. The Morgan fingerprint density at radius 2 is 2.10 bits per heavy atom. The van der Waals surface area contributed by atoms with Crippen LogP contribution < -0.4 is 9.47 Å². The maximum absolute atomic E-state index is 11.9. The third kappa shape index (κ3) is 2.24. The number of hydrogen-bond acceptors (Lipinski definition) is 5. The minimum Gasteiger partial charge on any atom is -0.496 e. The van der Waals surface area contributed by atoms with Crippen LogP contribution in [0, 0.1) is 6.92 Å². The van der Waals surface area contributed by atoms with Gasteiger partial charge in [-0.3, -0.25) is 0 Å². The predicted molar refractivity (Wildman–Crippen MR) is 72.4 cm³/mol. The summed E-state index contributed by atoms with van der Waals surface area (Å²) in [5, 5.41) is 0. The molecule has 0 saturated heterocycles. The first kappa shape index (κ1) is 14.4. The number of rotatable bonds is 6. The first-order valence-corrected chi connectivity index (χ1v) is 6.61. The van der Waals surface area contributed by atoms with Crippen molar-refractivity contribution >= 4 is 12.3 Å². The fraction of sp³-hybridized carbons (Fsp3) is 0.467. The molecule has 1 aliphatic heterocycles. The van der Waals surface area contributed by atoms with Gasteiger partial charge in [-0.25, -0.2) is 4.79 Å². The fourth-order valence-corrected chi connectivity index (χ4v) is 2.46. The van der Waals surface area contributed by atoms with Crippen LogP contribution in [0.4, 0.5) is 0 Å². The Morgan fingerprint density at radius 3 is 2.70 bits per heavy atom. The molecule has 0 bridgehead atoms. The van der Waals surface area contributed by atoms with Crippen LogP contribution in [0.25, 0.3) is 0 Å². The maximum atomic E-state index is 11.9. The highest BCUT2D eigenvalue weighted by molar-refractivity contribution is 5.98. The zero-order valence-corrected chi connectivity index (χ0v) is 11.9. The Hall–Kier alpha value is -2.04. The minimum absolute atomic E-state index is 0.142. The van der Waals surface area contributed by atoms with Crippen LogP contribution in [-0.2, 0) is 22.6 Å². The molecule has 0 radical (unpaired) electrons. The van der Waals surface area contributed by atoms with E-state index in [1.165, 1.54) is 0 Å². The molecule has 0 N–H and O–H groups in total. The van der Waals surface area contributed by atoms with Crippen molar-refractivity contribution in [3.8, 4) is 11.5 Å². The molecule has 0 spiro atoms. The molecule has 1 aromatic rings. The third-order valence-electron chi connectivity index (χ3n) is 3.36. The number of aldehydes is 1. The first-order chi connectivity index (χ1) is 9.65. The Morgan fingerprint density at radius 1 is 1.35 bits per heavy atom. The summed E-state index contributed by atoms with van der Waals surface area (Å²) in [7, 11) is 1.55. The van der Waals surface area contributed by atoms with Gasteiger partial charge in [0, 0.05) is 17.5 Å². The van der Waals surface area contributed by atoms with Crippen LogP contribution in [0.3, 0.4) is 0 Å². The Labute approximate surface area is 117 Å². The van der Waals surface area contributed by atoms with Gasteiger partial charge in [0.05, 0.1) is 13.7 Å². The van der Waals surface area contributed by atoms with E-state index in [4.69, 9.17) is 14.2 Å². The van der Waals surface area contributed by atoms with Gasteiger partial charge in [0.25, 0.3) is 0 Å². The molecular formula is C15H18O5. The number of esters is 1. The summed E-state index contributed by atoms with van der Waals surface area (Å²) in [6.45, 7) is 4.53. The summed E-state index contributed by atoms with van der Waals surface area (Å²) < 4.78 is 16.2. The normalized spacial score (nSPS) is 12.8. The van der Waals surface area contributed by atoms with Gasteiger partial charge >= 0.3 is 5.97 Å². The molecule has 2 rings (SSSR count). The van der Waals surface area contributed by atoms with E-state index >= 15 is 0 Å². The first-order valence-electron chi connectivity index (χ1n) is 6.61. The lowest BCUT2D eigenvalue weighted by Crippen LogP contribution is -2.09. The minimum atomic E-state index is -0.399. The molecule has 1 aliphatic rings. The number of ether oxygens (including phenoxy) is 3. The van der Waals surface area contributed by atoms with E-state index in [1.807, 2.05) is 13.8 Å². The van der Waals surface area contributed by atoms with Crippen LogP contribution in [0.2, 0.25) is 0 Å². The molecule has 20 heavy (non-hydrogen) atoms. The SMILES string of the molecule is CCCOc1c(CC=O)c(OC)c(C)c2c1C(=O)OC2. The molecule has 108 valence electrons. The fourth-order valence-electron chi connectivity index (χ4n) is 2.46. The van der Waals surface area contributed by atoms with Gasteiger partial charge in [-0.2, -0.15) is 0 Å². The van der Waals surface area contributed by atoms with Crippen molar-refractivity contribution in [3.63, 3.8) is 0 Å². The highest BCUT2D eigenvalue weighted by atomic mass is 16.5. The average molecular weight is 278 g/mol. The Balaban J connectivity index is 2.68. The highest BCUT2D eigenvalue weighted by Gasteiger charge is 2.33. The van der Waals surface area contributed by atoms with Crippen LogP contribution >= 0.6 is 0 Å². The zero-order chi connectivity index (χ0) is 14.7. The van der Waals surface area contributed by atoms with E-state index in [2.05, 4.69) is 0 Å². The van der Waals surface area contributed by atoms with E-state index < -0.39 is 5.97 Å². The van der Waals surface area contributed by atoms with Crippen molar-refractivity contribution in [1.29, 1.82) is 0 Å². The van der Waals surface area contributed by atoms with Crippen molar-refractivity contribution in [2.75, 3.05) is 13.7 Å². The zero-order valence-electron chi connectivity index (χ0n) is 11.9. The van der Waals surface area contributed by atoms with E-state index in [0.29, 0.717) is 29.2 Å². The summed E-state index contributed by atoms with van der Waals surface area (Å²) in [5.41, 5.74) is 2.67. The molecule has 0 fully saturated rings. The maximum Gasteiger partial charge on any atom is 0.342 e. The molecule has 5 nitrogen and oxygen atoms in total. The lowest BCUT2D eigenvalue weighted by Gasteiger charge is -2.18. The second-order valence-corrected chi connectivity index (χ2v) is 4.61. The number of hydrogen-bond donors (Lipinski definition) is 0. The molecule has 1 heterocycles. The second-order valence-electron chi connectivity index (χ2n) is 4.61. The van der Waals surface area contributed by atoms with Crippen molar-refractivity contribution in [2.45, 2.75) is 33.3 Å². The van der Waals surface area contributed by atoms with Crippen molar-refractivity contribution in [2.24, 2.45) is 0 Å². The van der Waals surface area contributed by atoms with Gasteiger partial charge in [0.2, 0.25) is 0 Å². The van der Waals surface area contributed by atoms with Gasteiger partial charge in [-0.05, 0) is 18.9 Å². The monoisotopic (exact) mass is 278 g/mol. The number of carbonyl (C=O) groups excluding carboxylic acids is 2. The van der Waals surface area contributed by atoms with E-state index in [0.717, 1.165) is 23.8 Å². The van der Waals surface area contributed by atoms with Crippen LogP contribution in [-0.4, -0.2) is 26.0 Å². The molecule has 0 unspecified atom stereocenters. The highest BCUT2D eigenvalue weighted by Crippen LogP contribution is 2.42. The standard InChI is InChI=1S/C15H18O5/c1-4-7-19-14-10(5-6-16)13(18-3)9(2)11-8-20-15(17)12(11)14/h6H,4-5,7-8H2,1-3H3. The van der Waals surface area contributed by atoms with Crippen LogP contribution in [0.15, 0.2) is 0 Å². The van der Waals surface area contributed by atoms with Gasteiger partial charge < -0.3 is 19.0 Å². The lowest BCUT2D eigenvalue weighted by atomic mass is 9.95. The molecule has 0 aromatic heterocycles. The summed E-state index contributed by atoms with van der Waals surface area (Å²) in [6, 6.07) is 0. The van der Waals surface area contributed by atoms with E-state index in [-0.39, 0.29) is 13.0 Å².